The summed E-state index contributed by atoms with van der Waals surface area (Å²) in [5, 5.41) is 3.95. The van der Waals surface area contributed by atoms with Crippen molar-refractivity contribution in [1.29, 1.82) is 0 Å². The molecular weight excluding hydrogens is 441 g/mol. The third-order valence-electron chi connectivity index (χ3n) is 4.96. The first-order valence-corrected chi connectivity index (χ1v) is 11.8. The fraction of sp³-hybridized carbons (Fsp3) is 0.160. The Balaban J connectivity index is 1.61. The van der Waals surface area contributed by atoms with Crippen LogP contribution in [0.4, 0.5) is 10.1 Å². The summed E-state index contributed by atoms with van der Waals surface area (Å²) in [5.74, 6) is -0.640. The van der Waals surface area contributed by atoms with Gasteiger partial charge in [0.25, 0.3) is 15.9 Å². The molecule has 0 aromatic heterocycles. The summed E-state index contributed by atoms with van der Waals surface area (Å²) in [5.41, 5.74) is 2.25. The monoisotopic (exact) mass is 467 g/mol. The number of amides is 1. The molecule has 1 amide bonds. The summed E-state index contributed by atoms with van der Waals surface area (Å²) in [7, 11) is 0.0137. The topological polar surface area (TPSA) is 78.5 Å². The van der Waals surface area contributed by atoms with E-state index in [9.17, 15) is 17.6 Å². The molecular formula is C25H26FN3O3S. The predicted octanol–water partition coefficient (Wildman–Crippen LogP) is 4.27. The van der Waals surface area contributed by atoms with Crippen LogP contribution in [0.5, 0.6) is 0 Å². The second-order valence-electron chi connectivity index (χ2n) is 7.68. The Morgan fingerprint density at radius 2 is 1.70 bits per heavy atom. The lowest BCUT2D eigenvalue weighted by atomic mass is 10.1. The first-order chi connectivity index (χ1) is 15.7. The number of hydrogen-bond acceptors (Lipinski definition) is 4. The summed E-state index contributed by atoms with van der Waals surface area (Å²) < 4.78 is 40.6. The number of nitrogens with one attached hydrogen (secondary N) is 2. The summed E-state index contributed by atoms with van der Waals surface area (Å²) in [4.78, 5) is 14.5. The van der Waals surface area contributed by atoms with Crippen LogP contribution in [-0.4, -0.2) is 39.9 Å². The van der Waals surface area contributed by atoms with Crippen molar-refractivity contribution in [1.82, 2.24) is 10.2 Å². The molecule has 2 N–H and O–H groups in total. The Morgan fingerprint density at radius 3 is 2.33 bits per heavy atom. The van der Waals surface area contributed by atoms with E-state index in [0.717, 1.165) is 16.5 Å². The van der Waals surface area contributed by atoms with Crippen LogP contribution < -0.4 is 10.0 Å². The highest BCUT2D eigenvalue weighted by atomic mass is 32.2. The molecule has 0 heterocycles. The lowest BCUT2D eigenvalue weighted by molar-refractivity contribution is 0.0942. The third kappa shape index (κ3) is 7.27. The highest BCUT2D eigenvalue weighted by molar-refractivity contribution is 7.95. The number of carbonyl (C=O) groups excluding carboxylic acids is 1. The zero-order chi connectivity index (χ0) is 23.8. The van der Waals surface area contributed by atoms with E-state index in [1.165, 1.54) is 30.3 Å². The van der Waals surface area contributed by atoms with Gasteiger partial charge in [0.1, 0.15) is 5.82 Å². The molecule has 0 bridgehead atoms. The molecule has 0 fully saturated rings. The zero-order valence-corrected chi connectivity index (χ0v) is 19.2. The van der Waals surface area contributed by atoms with E-state index < -0.39 is 10.0 Å². The van der Waals surface area contributed by atoms with Crippen molar-refractivity contribution < 1.29 is 17.6 Å². The Bertz CT molecular complexity index is 1210. The number of benzene rings is 3. The minimum atomic E-state index is -3.70. The van der Waals surface area contributed by atoms with Crippen molar-refractivity contribution in [2.24, 2.45) is 0 Å². The number of nitrogens with zero attached hydrogens (tertiary/aromatic N) is 1. The maximum atomic E-state index is 13.6. The van der Waals surface area contributed by atoms with Gasteiger partial charge in [0.15, 0.2) is 0 Å². The largest absolute Gasteiger partial charge is 0.350 e. The van der Waals surface area contributed by atoms with Gasteiger partial charge in [0.2, 0.25) is 0 Å². The maximum absolute atomic E-state index is 13.6. The number of halogens is 1. The first-order valence-electron chi connectivity index (χ1n) is 10.3. The zero-order valence-electron chi connectivity index (χ0n) is 18.4. The highest BCUT2D eigenvalue weighted by Gasteiger charge is 2.16. The smallest absolute Gasteiger partial charge is 0.255 e. The number of sulfonamides is 1. The van der Waals surface area contributed by atoms with Gasteiger partial charge in [-0.1, -0.05) is 42.5 Å². The Kier molecular flexibility index (Phi) is 7.97. The van der Waals surface area contributed by atoms with Crippen LogP contribution in [0.1, 0.15) is 27.5 Å². The first kappa shape index (κ1) is 24.2. The average molecular weight is 468 g/mol. The van der Waals surface area contributed by atoms with Crippen molar-refractivity contribution >= 4 is 27.7 Å². The van der Waals surface area contributed by atoms with E-state index in [1.807, 2.05) is 43.3 Å². The average Bonchev–Trinajstić information content (AvgIpc) is 2.78. The molecule has 172 valence electrons. The van der Waals surface area contributed by atoms with Gasteiger partial charge in [0.05, 0.1) is 11.4 Å². The minimum Gasteiger partial charge on any atom is -0.350 e. The standard InChI is InChI=1S/C25H26FN3O3S/c1-29(2)24(21-9-6-10-22(26)17-21)18-27-25(30)20-11-13-23(14-12-20)28-33(31,32)16-15-19-7-4-3-5-8-19/h3-17,24,28H,18H2,1-2H3,(H,27,30)/b16-15+. The van der Waals surface area contributed by atoms with Crippen molar-refractivity contribution in [2.45, 2.75) is 6.04 Å². The Labute approximate surface area is 193 Å². The number of anilines is 1. The molecule has 0 saturated carbocycles. The molecule has 0 radical (unpaired) electrons. The van der Waals surface area contributed by atoms with Crippen LogP contribution in [0.3, 0.4) is 0 Å². The van der Waals surface area contributed by atoms with Gasteiger partial charge in [0, 0.05) is 17.8 Å². The van der Waals surface area contributed by atoms with Gasteiger partial charge in [-0.05, 0) is 67.7 Å². The van der Waals surface area contributed by atoms with E-state index in [0.29, 0.717) is 11.3 Å². The van der Waals surface area contributed by atoms with Gasteiger partial charge in [-0.15, -0.1) is 0 Å². The van der Waals surface area contributed by atoms with Gasteiger partial charge < -0.3 is 10.2 Å². The minimum absolute atomic E-state index is 0.202. The molecule has 0 spiro atoms. The molecule has 1 atom stereocenters. The molecule has 0 aliphatic rings. The predicted molar refractivity (Wildman–Crippen MR) is 130 cm³/mol. The van der Waals surface area contributed by atoms with E-state index >= 15 is 0 Å². The quantitative estimate of drug-likeness (QED) is 0.493. The normalized spacial score (nSPS) is 12.6. The van der Waals surface area contributed by atoms with Crippen LogP contribution in [0.2, 0.25) is 0 Å². The van der Waals surface area contributed by atoms with Crippen molar-refractivity contribution in [3.63, 3.8) is 0 Å². The van der Waals surface area contributed by atoms with Gasteiger partial charge in [-0.3, -0.25) is 9.52 Å². The molecule has 0 saturated heterocycles. The SMILES string of the molecule is CN(C)C(CNC(=O)c1ccc(NS(=O)(=O)/C=C/c2ccccc2)cc1)c1cccc(F)c1. The van der Waals surface area contributed by atoms with Crippen LogP contribution in [-0.2, 0) is 10.0 Å². The molecule has 3 rings (SSSR count). The van der Waals surface area contributed by atoms with Crippen LogP contribution in [0.25, 0.3) is 6.08 Å². The number of hydrogen-bond donors (Lipinski definition) is 2. The summed E-state index contributed by atoms with van der Waals surface area (Å²) in [6.45, 7) is 0.286. The molecule has 0 aliphatic heterocycles. The van der Waals surface area contributed by atoms with E-state index in [4.69, 9.17) is 0 Å². The Hall–Kier alpha value is -3.49. The van der Waals surface area contributed by atoms with Crippen LogP contribution in [0, 0.1) is 5.82 Å². The van der Waals surface area contributed by atoms with Gasteiger partial charge >= 0.3 is 0 Å². The van der Waals surface area contributed by atoms with Crippen molar-refractivity contribution in [2.75, 3.05) is 25.4 Å². The number of likely N-dealkylation sites (N-methyl/N-ethyl adjacent to an activating group) is 1. The van der Waals surface area contributed by atoms with E-state index in [1.54, 1.807) is 30.3 Å². The maximum Gasteiger partial charge on any atom is 0.255 e. The third-order valence-corrected chi connectivity index (χ3v) is 5.97. The molecule has 3 aromatic rings. The molecule has 33 heavy (non-hydrogen) atoms. The van der Waals surface area contributed by atoms with E-state index in [-0.39, 0.29) is 24.3 Å². The Morgan fingerprint density at radius 1 is 1.00 bits per heavy atom. The van der Waals surface area contributed by atoms with Crippen molar-refractivity contribution in [3.8, 4) is 0 Å². The fourth-order valence-electron chi connectivity index (χ4n) is 3.22. The second kappa shape index (κ2) is 10.9. The molecule has 0 aliphatic carbocycles. The van der Waals surface area contributed by atoms with Crippen LogP contribution >= 0.6 is 0 Å². The lowest BCUT2D eigenvalue weighted by Gasteiger charge is -2.25. The fourth-order valence-corrected chi connectivity index (χ4v) is 4.09. The lowest BCUT2D eigenvalue weighted by Crippen LogP contribution is -2.34. The molecule has 8 heteroatoms. The van der Waals surface area contributed by atoms with Crippen LogP contribution in [0.15, 0.2) is 84.3 Å². The summed E-state index contributed by atoms with van der Waals surface area (Å²) in [6, 6.07) is 21.3. The van der Waals surface area contributed by atoms with Gasteiger partial charge in [-0.25, -0.2) is 12.8 Å². The molecule has 3 aromatic carbocycles. The van der Waals surface area contributed by atoms with Gasteiger partial charge in [-0.2, -0.15) is 0 Å². The molecule has 1 unspecified atom stereocenters. The second-order valence-corrected chi connectivity index (χ2v) is 9.25. The molecule has 6 nitrogen and oxygen atoms in total. The highest BCUT2D eigenvalue weighted by Crippen LogP contribution is 2.19. The van der Waals surface area contributed by atoms with E-state index in [2.05, 4.69) is 10.0 Å². The summed E-state index contributed by atoms with van der Waals surface area (Å²) in [6.07, 6.45) is 1.50. The number of carbonyl (C=O) groups is 1. The van der Waals surface area contributed by atoms with Crippen molar-refractivity contribution in [3.05, 3.63) is 107 Å². The summed E-state index contributed by atoms with van der Waals surface area (Å²) >= 11 is 0. The number of rotatable bonds is 9.